The molecular formula is C44H77NO3. The summed E-state index contributed by atoms with van der Waals surface area (Å²) in [6.45, 7) is 4.48. The summed E-state index contributed by atoms with van der Waals surface area (Å²) in [5.74, 6) is 0.462. The fourth-order valence-corrected chi connectivity index (χ4v) is 6.66. The largest absolute Gasteiger partial charge is 0.462 e. The topological polar surface area (TPSA) is 46.6 Å². The molecule has 4 nitrogen and oxygen atoms in total. The number of allylic oxidation sites excluding steroid dienone is 8. The van der Waals surface area contributed by atoms with Gasteiger partial charge in [0.25, 0.3) is 0 Å². The van der Waals surface area contributed by atoms with E-state index >= 15 is 0 Å². The van der Waals surface area contributed by atoms with Crippen LogP contribution in [-0.2, 0) is 14.3 Å². The first kappa shape index (κ1) is 44.1. The molecule has 0 N–H and O–H groups in total. The van der Waals surface area contributed by atoms with Crippen LogP contribution < -0.4 is 0 Å². The van der Waals surface area contributed by atoms with Crippen LogP contribution in [0.25, 0.3) is 0 Å². The summed E-state index contributed by atoms with van der Waals surface area (Å²) in [5.41, 5.74) is 0. The third-order valence-corrected chi connectivity index (χ3v) is 9.89. The zero-order chi connectivity index (χ0) is 34.9. The molecule has 1 fully saturated rings. The molecule has 3 atom stereocenters. The van der Waals surface area contributed by atoms with Crippen LogP contribution in [-0.4, -0.2) is 42.9 Å². The summed E-state index contributed by atoms with van der Waals surface area (Å²) in [5, 5.41) is 0. The van der Waals surface area contributed by atoms with Crippen LogP contribution in [0.15, 0.2) is 48.6 Å². The van der Waals surface area contributed by atoms with Crippen LogP contribution >= 0.6 is 0 Å². The van der Waals surface area contributed by atoms with E-state index in [0.717, 1.165) is 70.6 Å². The lowest BCUT2D eigenvalue weighted by Gasteiger charge is -2.38. The van der Waals surface area contributed by atoms with Gasteiger partial charge in [-0.15, -0.1) is 0 Å². The average molecular weight is 668 g/mol. The van der Waals surface area contributed by atoms with Gasteiger partial charge in [0.15, 0.2) is 0 Å². The predicted molar refractivity (Wildman–Crippen MR) is 208 cm³/mol. The molecule has 1 aliphatic rings. The number of esters is 1. The highest BCUT2D eigenvalue weighted by atomic mass is 16.5. The highest BCUT2D eigenvalue weighted by Gasteiger charge is 2.35. The van der Waals surface area contributed by atoms with E-state index in [2.05, 4.69) is 81.5 Å². The van der Waals surface area contributed by atoms with Crippen molar-refractivity contribution in [2.24, 2.45) is 5.92 Å². The Bertz CT molecular complexity index is 886. The highest BCUT2D eigenvalue weighted by molar-refractivity contribution is 5.78. The Balaban J connectivity index is 2.20. The van der Waals surface area contributed by atoms with Gasteiger partial charge in [0.05, 0.1) is 0 Å². The molecule has 0 aromatic carbocycles. The van der Waals surface area contributed by atoms with Gasteiger partial charge in [-0.25, -0.2) is 0 Å². The van der Waals surface area contributed by atoms with Crippen LogP contribution in [0.3, 0.4) is 0 Å². The summed E-state index contributed by atoms with van der Waals surface area (Å²) in [6, 6.07) is 0.419. The zero-order valence-corrected chi connectivity index (χ0v) is 32.1. The molecule has 4 heteroatoms. The second kappa shape index (κ2) is 32.3. The van der Waals surface area contributed by atoms with E-state index in [1.807, 2.05) is 0 Å². The SMILES string of the molecule is CCCC/C=C\C/C=C\CCCCCCCC(=O)C[C@@H]1CC[C@@H](N(C)C)C[C@@H]1OC(=O)CCCCCCC/C=C\C/C=C\CCCCC. The number of nitrogens with zero attached hydrogens (tertiary/aromatic N) is 1. The van der Waals surface area contributed by atoms with Crippen LogP contribution in [0.1, 0.15) is 187 Å². The number of hydrogen-bond donors (Lipinski definition) is 0. The number of ketones is 1. The van der Waals surface area contributed by atoms with Gasteiger partial charge in [-0.1, -0.05) is 127 Å². The second-order valence-electron chi connectivity index (χ2n) is 14.6. The van der Waals surface area contributed by atoms with Crippen molar-refractivity contribution in [3.63, 3.8) is 0 Å². The number of ether oxygens (including phenoxy) is 1. The van der Waals surface area contributed by atoms with E-state index in [4.69, 9.17) is 4.74 Å². The molecule has 0 bridgehead atoms. The molecule has 48 heavy (non-hydrogen) atoms. The monoisotopic (exact) mass is 668 g/mol. The van der Waals surface area contributed by atoms with E-state index in [1.165, 1.54) is 83.5 Å². The van der Waals surface area contributed by atoms with Crippen molar-refractivity contribution in [1.82, 2.24) is 4.90 Å². The van der Waals surface area contributed by atoms with E-state index in [1.54, 1.807) is 0 Å². The summed E-state index contributed by atoms with van der Waals surface area (Å²) in [6.07, 6.45) is 47.6. The zero-order valence-electron chi connectivity index (χ0n) is 32.1. The normalized spacial score (nSPS) is 18.7. The maximum atomic E-state index is 12.9. The van der Waals surface area contributed by atoms with E-state index in [0.29, 0.717) is 31.1 Å². The molecule has 0 radical (unpaired) electrons. The number of hydrogen-bond acceptors (Lipinski definition) is 4. The van der Waals surface area contributed by atoms with Crippen molar-refractivity contribution >= 4 is 11.8 Å². The van der Waals surface area contributed by atoms with Gasteiger partial charge >= 0.3 is 5.97 Å². The fourth-order valence-electron chi connectivity index (χ4n) is 6.66. The predicted octanol–water partition coefficient (Wildman–Crippen LogP) is 12.8. The van der Waals surface area contributed by atoms with Crippen LogP contribution in [0.2, 0.25) is 0 Å². The van der Waals surface area contributed by atoms with Crippen LogP contribution in [0.5, 0.6) is 0 Å². The molecule has 0 spiro atoms. The van der Waals surface area contributed by atoms with E-state index in [9.17, 15) is 9.59 Å². The Morgan fingerprint density at radius 1 is 0.583 bits per heavy atom. The second-order valence-corrected chi connectivity index (χ2v) is 14.6. The van der Waals surface area contributed by atoms with Crippen molar-refractivity contribution in [3.05, 3.63) is 48.6 Å². The lowest BCUT2D eigenvalue weighted by Crippen LogP contribution is -2.42. The van der Waals surface area contributed by atoms with Crippen molar-refractivity contribution in [1.29, 1.82) is 0 Å². The summed E-state index contributed by atoms with van der Waals surface area (Å²) in [7, 11) is 4.22. The first-order valence-electron chi connectivity index (χ1n) is 20.4. The molecule has 0 aliphatic heterocycles. The molecule has 1 rings (SSSR count). The Morgan fingerprint density at radius 2 is 1.06 bits per heavy atom. The highest BCUT2D eigenvalue weighted by Crippen LogP contribution is 2.32. The van der Waals surface area contributed by atoms with Gasteiger partial charge < -0.3 is 9.64 Å². The minimum absolute atomic E-state index is 0.0687. The standard InChI is InChI=1S/C44H77NO3/c1-5-7-9-11-13-15-17-19-21-23-25-27-29-31-33-35-44(47)48-43-39-41(45(3)4)37-36-40(43)38-42(46)34-32-30-28-26-24-22-20-18-16-14-12-10-8-6-2/h12-15,18-21,40-41,43H,5-11,16-17,22-39H2,1-4H3/b14-12-,15-13-,20-18-,21-19-/t40-,41+,43-/m0/s1. The van der Waals surface area contributed by atoms with Gasteiger partial charge in [-0.2, -0.15) is 0 Å². The maximum Gasteiger partial charge on any atom is 0.306 e. The molecule has 1 aliphatic carbocycles. The molecule has 0 aromatic rings. The van der Waals surface area contributed by atoms with Gasteiger partial charge in [0.1, 0.15) is 11.9 Å². The molecule has 0 aromatic heterocycles. The minimum atomic E-state index is -0.125. The molecule has 276 valence electrons. The molecule has 0 heterocycles. The quantitative estimate of drug-likeness (QED) is 0.0419. The number of unbranched alkanes of at least 4 members (excludes halogenated alkanes) is 15. The van der Waals surface area contributed by atoms with Crippen molar-refractivity contribution < 1.29 is 14.3 Å². The van der Waals surface area contributed by atoms with Crippen LogP contribution in [0.4, 0.5) is 0 Å². The first-order chi connectivity index (χ1) is 23.5. The minimum Gasteiger partial charge on any atom is -0.462 e. The lowest BCUT2D eigenvalue weighted by atomic mass is 9.79. The molecule has 0 unspecified atom stereocenters. The molecular weight excluding hydrogens is 590 g/mol. The Labute approximate surface area is 298 Å². The van der Waals surface area contributed by atoms with E-state index < -0.39 is 0 Å². The van der Waals surface area contributed by atoms with Gasteiger partial charge in [-0.05, 0) is 97.6 Å². The van der Waals surface area contributed by atoms with Gasteiger partial charge in [0, 0.05) is 37.6 Å². The average Bonchev–Trinajstić information content (AvgIpc) is 3.07. The smallest absolute Gasteiger partial charge is 0.306 e. The van der Waals surface area contributed by atoms with Gasteiger partial charge in [-0.3, -0.25) is 9.59 Å². The maximum absolute atomic E-state index is 12.9. The van der Waals surface area contributed by atoms with Crippen molar-refractivity contribution in [3.8, 4) is 0 Å². The number of rotatable bonds is 31. The fraction of sp³-hybridized carbons (Fsp3) is 0.773. The molecule has 0 saturated heterocycles. The first-order valence-corrected chi connectivity index (χ1v) is 20.4. The third-order valence-electron chi connectivity index (χ3n) is 9.89. The van der Waals surface area contributed by atoms with Gasteiger partial charge in [0.2, 0.25) is 0 Å². The number of carbonyl (C=O) groups is 2. The van der Waals surface area contributed by atoms with E-state index in [-0.39, 0.29) is 18.0 Å². The summed E-state index contributed by atoms with van der Waals surface area (Å²) in [4.78, 5) is 28.0. The van der Waals surface area contributed by atoms with Crippen molar-refractivity contribution in [2.45, 2.75) is 199 Å². The number of Topliss-reactive ketones (excluding diaryl/α,β-unsaturated/α-hetero) is 1. The summed E-state index contributed by atoms with van der Waals surface area (Å²) >= 11 is 0. The van der Waals surface area contributed by atoms with Crippen molar-refractivity contribution in [2.75, 3.05) is 14.1 Å². The Morgan fingerprint density at radius 3 is 1.60 bits per heavy atom. The molecule has 0 amide bonds. The lowest BCUT2D eigenvalue weighted by molar-refractivity contribution is -0.156. The van der Waals surface area contributed by atoms with Crippen LogP contribution in [0, 0.1) is 5.92 Å². The third kappa shape index (κ3) is 26.0. The Hall–Kier alpha value is -1.94. The number of carbonyl (C=O) groups excluding carboxylic acids is 2. The summed E-state index contributed by atoms with van der Waals surface area (Å²) < 4.78 is 6.09. The Kier molecular flexibility index (Phi) is 29.6. The molecule has 1 saturated carbocycles.